The van der Waals surface area contributed by atoms with Gasteiger partial charge < -0.3 is 16.0 Å². The van der Waals surface area contributed by atoms with Crippen molar-refractivity contribution in [3.05, 3.63) is 36.0 Å². The van der Waals surface area contributed by atoms with Gasteiger partial charge in [0.15, 0.2) is 0 Å². The molecule has 2 aliphatic rings. The van der Waals surface area contributed by atoms with E-state index >= 15 is 0 Å². The fourth-order valence-corrected chi connectivity index (χ4v) is 3.46. The van der Waals surface area contributed by atoms with Gasteiger partial charge in [-0.25, -0.2) is 4.98 Å². The summed E-state index contributed by atoms with van der Waals surface area (Å²) in [6.07, 6.45) is 8.53. The Morgan fingerprint density at radius 3 is 2.75 bits per heavy atom. The van der Waals surface area contributed by atoms with E-state index in [-0.39, 0.29) is 11.8 Å². The predicted molar refractivity (Wildman–Crippen MR) is 115 cm³/mol. The Morgan fingerprint density at radius 1 is 1.18 bits per heavy atom. The van der Waals surface area contributed by atoms with Crippen LogP contribution in [0.1, 0.15) is 50.0 Å². The van der Waals surface area contributed by atoms with E-state index in [1.807, 2.05) is 18.3 Å². The average molecular weight is 377 g/mol. The van der Waals surface area contributed by atoms with Crippen LogP contribution in [-0.2, 0) is 4.79 Å². The molecule has 6 nitrogen and oxygen atoms in total. The fraction of sp³-hybridized carbons (Fsp3) is 0.476. The van der Waals surface area contributed by atoms with Crippen LogP contribution in [-0.4, -0.2) is 36.8 Å². The normalized spacial score (nSPS) is 16.3. The van der Waals surface area contributed by atoms with E-state index in [2.05, 4.69) is 40.9 Å². The standard InChI is InChI=1S/C21H28BN5O/c22-16-6-2-7-17(12-16)26-21-25-13-18(14-8-9-14)19(27-21)23-10-3-11-24-20(28)15-4-1-5-15/h2,6-7,12-15H,1,3-5,8-11,22H2,(H,24,28)(H2,23,25,26,27). The third kappa shape index (κ3) is 4.83. The van der Waals surface area contributed by atoms with Crippen LogP contribution in [0.2, 0.25) is 0 Å². The van der Waals surface area contributed by atoms with E-state index in [0.717, 1.165) is 37.3 Å². The highest BCUT2D eigenvalue weighted by molar-refractivity contribution is 6.32. The van der Waals surface area contributed by atoms with Crippen molar-refractivity contribution in [3.63, 3.8) is 0 Å². The third-order valence-corrected chi connectivity index (χ3v) is 5.53. The van der Waals surface area contributed by atoms with Crippen molar-refractivity contribution in [1.82, 2.24) is 15.3 Å². The van der Waals surface area contributed by atoms with Crippen LogP contribution in [0.4, 0.5) is 17.5 Å². The minimum atomic E-state index is 0.219. The van der Waals surface area contributed by atoms with Gasteiger partial charge in [-0.2, -0.15) is 4.98 Å². The van der Waals surface area contributed by atoms with E-state index in [1.165, 1.54) is 30.3 Å². The highest BCUT2D eigenvalue weighted by Crippen LogP contribution is 2.42. The molecule has 3 N–H and O–H groups in total. The minimum absolute atomic E-state index is 0.219. The van der Waals surface area contributed by atoms with E-state index in [1.54, 1.807) is 0 Å². The van der Waals surface area contributed by atoms with Crippen molar-refractivity contribution in [2.45, 2.75) is 44.4 Å². The Morgan fingerprint density at radius 2 is 2.04 bits per heavy atom. The summed E-state index contributed by atoms with van der Waals surface area (Å²) >= 11 is 0. The maximum Gasteiger partial charge on any atom is 0.229 e. The molecule has 0 bridgehead atoms. The lowest BCUT2D eigenvalue weighted by Crippen LogP contribution is -2.35. The molecule has 0 atom stereocenters. The van der Waals surface area contributed by atoms with Crippen molar-refractivity contribution in [1.29, 1.82) is 0 Å². The van der Waals surface area contributed by atoms with Crippen LogP contribution in [0.15, 0.2) is 30.5 Å². The number of benzene rings is 1. The smallest absolute Gasteiger partial charge is 0.229 e. The summed E-state index contributed by atoms with van der Waals surface area (Å²) in [6, 6.07) is 8.19. The van der Waals surface area contributed by atoms with Gasteiger partial charge in [0.05, 0.1) is 0 Å². The second kappa shape index (κ2) is 8.63. The molecule has 1 heterocycles. The Hall–Kier alpha value is -2.57. The van der Waals surface area contributed by atoms with Crippen molar-refractivity contribution in [2.24, 2.45) is 5.92 Å². The first kappa shape index (κ1) is 18.8. The number of anilines is 3. The molecule has 0 radical (unpaired) electrons. The van der Waals surface area contributed by atoms with Crippen molar-refractivity contribution in [3.8, 4) is 0 Å². The summed E-state index contributed by atoms with van der Waals surface area (Å²) in [5.74, 6) is 2.57. The Balaban J connectivity index is 1.32. The highest BCUT2D eigenvalue weighted by atomic mass is 16.1. The first-order valence-corrected chi connectivity index (χ1v) is 10.4. The van der Waals surface area contributed by atoms with Crippen LogP contribution in [0, 0.1) is 5.92 Å². The second-order valence-electron chi connectivity index (χ2n) is 7.97. The zero-order valence-electron chi connectivity index (χ0n) is 16.5. The van der Waals surface area contributed by atoms with Crippen molar-refractivity contribution in [2.75, 3.05) is 23.7 Å². The number of hydrogen-bond donors (Lipinski definition) is 3. The van der Waals surface area contributed by atoms with Crippen LogP contribution in [0.3, 0.4) is 0 Å². The minimum Gasteiger partial charge on any atom is -0.370 e. The van der Waals surface area contributed by atoms with Gasteiger partial charge in [-0.05, 0) is 50.2 Å². The van der Waals surface area contributed by atoms with Crippen LogP contribution in [0.25, 0.3) is 0 Å². The molecule has 146 valence electrons. The zero-order valence-corrected chi connectivity index (χ0v) is 16.5. The van der Waals surface area contributed by atoms with Gasteiger partial charge >= 0.3 is 0 Å². The number of carbonyl (C=O) groups is 1. The molecule has 2 saturated carbocycles. The molecule has 1 aromatic carbocycles. The van der Waals surface area contributed by atoms with E-state index < -0.39 is 0 Å². The highest BCUT2D eigenvalue weighted by Gasteiger charge is 2.27. The van der Waals surface area contributed by atoms with Crippen molar-refractivity contribution < 1.29 is 4.79 Å². The molecule has 2 aliphatic carbocycles. The van der Waals surface area contributed by atoms with Crippen molar-refractivity contribution >= 4 is 36.7 Å². The Kier molecular flexibility index (Phi) is 5.79. The Labute approximate surface area is 167 Å². The maximum atomic E-state index is 11.9. The van der Waals surface area contributed by atoms with E-state index in [0.29, 0.717) is 18.4 Å². The molecule has 7 heteroatoms. The van der Waals surface area contributed by atoms with Gasteiger partial charge in [0.1, 0.15) is 13.7 Å². The average Bonchev–Trinajstić information content (AvgIpc) is 3.45. The van der Waals surface area contributed by atoms with E-state index in [4.69, 9.17) is 4.98 Å². The van der Waals surface area contributed by atoms with Gasteiger partial charge in [-0.15, -0.1) is 0 Å². The van der Waals surface area contributed by atoms with E-state index in [9.17, 15) is 4.79 Å². The number of nitrogens with one attached hydrogen (secondary N) is 3. The molecule has 0 saturated heterocycles. The zero-order chi connectivity index (χ0) is 19.3. The molecule has 0 unspecified atom stereocenters. The Bertz CT molecular complexity index is 835. The van der Waals surface area contributed by atoms with Crippen LogP contribution < -0.4 is 21.4 Å². The number of nitrogens with zero attached hydrogens (tertiary/aromatic N) is 2. The number of aromatic nitrogens is 2. The summed E-state index contributed by atoms with van der Waals surface area (Å²) in [4.78, 5) is 21.1. The lowest BCUT2D eigenvalue weighted by atomic mass is 9.85. The lowest BCUT2D eigenvalue weighted by molar-refractivity contribution is -0.127. The number of rotatable bonds is 9. The third-order valence-electron chi connectivity index (χ3n) is 5.53. The molecule has 0 spiro atoms. The largest absolute Gasteiger partial charge is 0.370 e. The van der Waals surface area contributed by atoms with Crippen LogP contribution in [0.5, 0.6) is 0 Å². The lowest BCUT2D eigenvalue weighted by Gasteiger charge is -2.24. The van der Waals surface area contributed by atoms with Gasteiger partial charge in [0.2, 0.25) is 11.9 Å². The van der Waals surface area contributed by atoms with Gasteiger partial charge in [-0.3, -0.25) is 4.79 Å². The number of amides is 1. The summed E-state index contributed by atoms with van der Waals surface area (Å²) in [6.45, 7) is 1.49. The molecule has 2 aromatic rings. The molecule has 2 fully saturated rings. The molecule has 28 heavy (non-hydrogen) atoms. The molecular formula is C21H28BN5O. The SMILES string of the molecule is Bc1cccc(Nc2ncc(C3CC3)c(NCCCNC(=O)C3CCC3)n2)c1. The molecule has 1 amide bonds. The number of carbonyl (C=O) groups excluding carboxylic acids is 1. The van der Waals surface area contributed by atoms with Crippen LogP contribution >= 0.6 is 0 Å². The quantitative estimate of drug-likeness (QED) is 0.461. The molecule has 4 rings (SSSR count). The fourth-order valence-electron chi connectivity index (χ4n) is 3.46. The molecule has 1 aromatic heterocycles. The first-order valence-electron chi connectivity index (χ1n) is 10.4. The first-order chi connectivity index (χ1) is 13.7. The summed E-state index contributed by atoms with van der Waals surface area (Å²) in [5, 5.41) is 9.80. The monoisotopic (exact) mass is 377 g/mol. The predicted octanol–water partition coefficient (Wildman–Crippen LogP) is 2.07. The van der Waals surface area contributed by atoms with Gasteiger partial charge in [0.25, 0.3) is 0 Å². The number of hydrogen-bond acceptors (Lipinski definition) is 5. The molecule has 0 aliphatic heterocycles. The summed E-state index contributed by atoms with van der Waals surface area (Å²) < 4.78 is 0. The summed E-state index contributed by atoms with van der Waals surface area (Å²) in [5.41, 5.74) is 3.39. The second-order valence-corrected chi connectivity index (χ2v) is 7.97. The van der Waals surface area contributed by atoms with Gasteiger partial charge in [-0.1, -0.05) is 24.0 Å². The van der Waals surface area contributed by atoms with Gasteiger partial charge in [0, 0.05) is 36.5 Å². The molecular weight excluding hydrogens is 349 g/mol. The topological polar surface area (TPSA) is 78.9 Å². The summed E-state index contributed by atoms with van der Waals surface area (Å²) in [7, 11) is 2.07. The maximum absolute atomic E-state index is 11.9.